The van der Waals surface area contributed by atoms with E-state index >= 15 is 0 Å². The molecule has 5 aromatic carbocycles. The van der Waals surface area contributed by atoms with Crippen molar-refractivity contribution in [1.29, 1.82) is 0 Å². The van der Waals surface area contributed by atoms with Crippen molar-refractivity contribution in [2.45, 2.75) is 6.92 Å². The average Bonchev–Trinajstić information content (AvgIpc) is 3.45. The van der Waals surface area contributed by atoms with E-state index in [1.807, 2.05) is 12.1 Å². The minimum absolute atomic E-state index is 0.717. The van der Waals surface area contributed by atoms with Gasteiger partial charge in [0.05, 0.1) is 22.2 Å². The zero-order valence-corrected chi connectivity index (χ0v) is 19.2. The molecule has 0 bridgehead atoms. The molecule has 0 unspecified atom stereocenters. The molecule has 0 atom stereocenters. The minimum atomic E-state index is 0.717. The monoisotopic (exact) mass is 444 g/mol. The molecule has 0 fully saturated rings. The molecular weight excluding hydrogens is 425 g/mol. The summed E-state index contributed by atoms with van der Waals surface area (Å²) < 4.78 is 2.28. The van der Waals surface area contributed by atoms with Crippen LogP contribution in [-0.4, -0.2) is 21.8 Å². The topological polar surface area (TPSA) is 30.7 Å². The summed E-state index contributed by atoms with van der Waals surface area (Å²) in [6.45, 7) is 2.07. The van der Waals surface area contributed by atoms with E-state index in [1.165, 1.54) is 49.1 Å². The van der Waals surface area contributed by atoms with Gasteiger partial charge < -0.3 is 0 Å². The van der Waals surface area contributed by atoms with Crippen molar-refractivity contribution in [3.05, 3.63) is 103 Å². The van der Waals surface area contributed by atoms with Crippen LogP contribution in [0.2, 0.25) is 0 Å². The van der Waals surface area contributed by atoms with Gasteiger partial charge in [-0.05, 0) is 35.4 Å². The Morgan fingerprint density at radius 1 is 0.657 bits per heavy atom. The highest BCUT2D eigenvalue weighted by molar-refractivity contribution is 6.77. The van der Waals surface area contributed by atoms with Gasteiger partial charge in [-0.1, -0.05) is 95.9 Å². The van der Waals surface area contributed by atoms with Gasteiger partial charge in [0.2, 0.25) is 5.95 Å². The van der Waals surface area contributed by atoms with Gasteiger partial charge in [0.1, 0.15) is 0 Å². The third-order valence-electron chi connectivity index (χ3n) is 7.38. The Hall–Kier alpha value is -4.44. The summed E-state index contributed by atoms with van der Waals surface area (Å²) in [4.78, 5) is 10.1. The van der Waals surface area contributed by atoms with E-state index in [0.29, 0.717) is 5.95 Å². The number of aryl methyl sites for hydroxylation is 1. The third kappa shape index (κ3) is 2.46. The Morgan fingerprint density at radius 3 is 2.23 bits per heavy atom. The highest BCUT2D eigenvalue weighted by Gasteiger charge is 2.29. The summed E-state index contributed by atoms with van der Waals surface area (Å²) >= 11 is 0. The van der Waals surface area contributed by atoms with Crippen molar-refractivity contribution in [3.63, 3.8) is 0 Å². The number of para-hydroxylation sites is 2. The number of aromatic nitrogens is 3. The molecule has 0 spiro atoms. The standard InChI is InChI=1S/C31H19BN3/c1-18-19-10-5-8-16-25(19)34-31(33-18)35-26-17-9-6-14-23(26)27-20-11-2-3-12-21(20)29-28(30(27)35)22-13-4-7-15-24(22)32-29/h2-17H,1H3. The van der Waals surface area contributed by atoms with Crippen molar-refractivity contribution in [1.82, 2.24) is 14.5 Å². The molecule has 35 heavy (non-hydrogen) atoms. The summed E-state index contributed by atoms with van der Waals surface area (Å²) in [7, 11) is 2.33. The first-order valence-electron chi connectivity index (χ1n) is 12.0. The van der Waals surface area contributed by atoms with E-state index in [4.69, 9.17) is 9.97 Å². The Kier molecular flexibility index (Phi) is 3.68. The maximum Gasteiger partial charge on any atom is 0.235 e. The summed E-state index contributed by atoms with van der Waals surface area (Å²) in [5, 5.41) is 6.11. The molecule has 8 rings (SSSR count). The van der Waals surface area contributed by atoms with Gasteiger partial charge in [-0.15, -0.1) is 0 Å². The van der Waals surface area contributed by atoms with Gasteiger partial charge in [-0.3, -0.25) is 4.57 Å². The Labute approximate surface area is 202 Å². The molecule has 0 saturated heterocycles. The maximum atomic E-state index is 5.08. The summed E-state index contributed by atoms with van der Waals surface area (Å²) in [5.41, 5.74) is 9.31. The van der Waals surface area contributed by atoms with E-state index in [1.54, 1.807) is 0 Å². The van der Waals surface area contributed by atoms with Crippen molar-refractivity contribution < 1.29 is 0 Å². The van der Waals surface area contributed by atoms with E-state index < -0.39 is 0 Å². The second kappa shape index (κ2) is 6.80. The molecule has 0 saturated carbocycles. The predicted octanol–water partition coefficient (Wildman–Crippen LogP) is 5.82. The maximum absolute atomic E-state index is 5.08. The van der Waals surface area contributed by atoms with E-state index in [2.05, 4.69) is 104 Å². The zero-order valence-electron chi connectivity index (χ0n) is 19.2. The van der Waals surface area contributed by atoms with E-state index in [9.17, 15) is 0 Å². The molecule has 4 heteroatoms. The molecule has 0 amide bonds. The predicted molar refractivity (Wildman–Crippen MR) is 147 cm³/mol. The Morgan fingerprint density at radius 2 is 1.34 bits per heavy atom. The quantitative estimate of drug-likeness (QED) is 0.299. The molecular formula is C31H19BN3. The van der Waals surface area contributed by atoms with Gasteiger partial charge in [0, 0.05) is 21.7 Å². The molecule has 3 nitrogen and oxygen atoms in total. The molecule has 161 valence electrons. The van der Waals surface area contributed by atoms with Gasteiger partial charge in [-0.25, -0.2) is 9.97 Å². The van der Waals surface area contributed by atoms with Crippen LogP contribution >= 0.6 is 0 Å². The van der Waals surface area contributed by atoms with Crippen molar-refractivity contribution in [3.8, 4) is 17.1 Å². The summed E-state index contributed by atoms with van der Waals surface area (Å²) in [6, 6.07) is 34.4. The molecule has 1 aliphatic heterocycles. The minimum Gasteiger partial charge on any atom is -0.277 e. The lowest BCUT2D eigenvalue weighted by molar-refractivity contribution is 0.990. The molecule has 3 heterocycles. The number of hydrogen-bond acceptors (Lipinski definition) is 2. The number of rotatable bonds is 1. The van der Waals surface area contributed by atoms with Crippen LogP contribution in [0, 0.1) is 6.92 Å². The smallest absolute Gasteiger partial charge is 0.235 e. The lowest BCUT2D eigenvalue weighted by Gasteiger charge is -2.14. The third-order valence-corrected chi connectivity index (χ3v) is 7.38. The molecule has 7 aromatic rings. The van der Waals surface area contributed by atoms with Crippen LogP contribution in [0.3, 0.4) is 0 Å². The fourth-order valence-corrected chi connectivity index (χ4v) is 5.90. The normalized spacial score (nSPS) is 12.4. The van der Waals surface area contributed by atoms with Crippen molar-refractivity contribution in [2.24, 2.45) is 0 Å². The fraction of sp³-hybridized carbons (Fsp3) is 0.0323. The number of hydrogen-bond donors (Lipinski definition) is 0. The highest BCUT2D eigenvalue weighted by Crippen LogP contribution is 2.42. The Balaban J connectivity index is 1.65. The van der Waals surface area contributed by atoms with Crippen LogP contribution in [0.1, 0.15) is 5.69 Å². The van der Waals surface area contributed by atoms with Crippen LogP contribution in [0.4, 0.5) is 0 Å². The number of benzene rings is 5. The first-order chi connectivity index (χ1) is 17.3. The fourth-order valence-electron chi connectivity index (χ4n) is 5.90. The second-order valence-electron chi connectivity index (χ2n) is 9.27. The second-order valence-corrected chi connectivity index (χ2v) is 9.27. The van der Waals surface area contributed by atoms with E-state index in [0.717, 1.165) is 22.1 Å². The summed E-state index contributed by atoms with van der Waals surface area (Å²) in [5.74, 6) is 0.717. The van der Waals surface area contributed by atoms with Crippen molar-refractivity contribution in [2.75, 3.05) is 0 Å². The van der Waals surface area contributed by atoms with Gasteiger partial charge in [0.25, 0.3) is 0 Å². The van der Waals surface area contributed by atoms with E-state index in [-0.39, 0.29) is 0 Å². The zero-order chi connectivity index (χ0) is 23.1. The SMILES string of the molecule is Cc1nc(-n2c3ccccc3c3c4ccccc4c4c(c32)-c2ccccc2[B]4)nc2ccccc12. The molecule has 1 radical (unpaired) electrons. The first kappa shape index (κ1) is 18.9. The van der Waals surface area contributed by atoms with Gasteiger partial charge >= 0.3 is 0 Å². The average molecular weight is 444 g/mol. The number of fused-ring (bicyclic) bond motifs is 11. The van der Waals surface area contributed by atoms with Gasteiger partial charge in [0.15, 0.2) is 7.28 Å². The van der Waals surface area contributed by atoms with Crippen LogP contribution in [0.25, 0.3) is 60.6 Å². The van der Waals surface area contributed by atoms with Crippen LogP contribution in [0.5, 0.6) is 0 Å². The van der Waals surface area contributed by atoms with Crippen molar-refractivity contribution >= 4 is 61.7 Å². The van der Waals surface area contributed by atoms with Gasteiger partial charge in [-0.2, -0.15) is 0 Å². The lowest BCUT2D eigenvalue weighted by Crippen LogP contribution is -2.21. The highest BCUT2D eigenvalue weighted by atomic mass is 15.2. The first-order valence-corrected chi connectivity index (χ1v) is 12.0. The van der Waals surface area contributed by atoms with Crippen LogP contribution < -0.4 is 10.9 Å². The molecule has 1 aliphatic rings. The van der Waals surface area contributed by atoms with Crippen LogP contribution in [0.15, 0.2) is 97.1 Å². The molecule has 0 N–H and O–H groups in total. The largest absolute Gasteiger partial charge is 0.277 e. The summed E-state index contributed by atoms with van der Waals surface area (Å²) in [6.07, 6.45) is 0. The lowest BCUT2D eigenvalue weighted by atomic mass is 9.66. The molecule has 0 aliphatic carbocycles. The molecule has 2 aromatic heterocycles. The van der Waals surface area contributed by atoms with Crippen LogP contribution in [-0.2, 0) is 0 Å². The Bertz CT molecular complexity index is 2000. The number of nitrogens with zero attached hydrogens (tertiary/aromatic N) is 3.